The number of nitrogens with zero attached hydrogens (tertiary/aromatic N) is 2. The number of sulfonamides is 1. The molecule has 1 aromatic rings. The van der Waals surface area contributed by atoms with Crippen LogP contribution in [0.4, 0.5) is 11.4 Å². The Morgan fingerprint density at radius 2 is 2.05 bits per heavy atom. The van der Waals surface area contributed by atoms with Crippen molar-refractivity contribution in [2.45, 2.75) is 0 Å². The molecule has 0 aromatic heterocycles. The second kappa shape index (κ2) is 6.50. The number of carbonyl (C=O) groups is 1. The fourth-order valence-corrected chi connectivity index (χ4v) is 2.21. The van der Waals surface area contributed by atoms with E-state index >= 15 is 0 Å². The van der Waals surface area contributed by atoms with Gasteiger partial charge in [0, 0.05) is 32.4 Å². The van der Waals surface area contributed by atoms with Gasteiger partial charge in [-0.15, -0.1) is 0 Å². The van der Waals surface area contributed by atoms with Gasteiger partial charge in [0.1, 0.15) is 5.56 Å². The minimum absolute atomic E-state index is 0.0457. The van der Waals surface area contributed by atoms with Crippen molar-refractivity contribution in [3.05, 3.63) is 33.9 Å². The third kappa shape index (κ3) is 4.39. The molecule has 0 bridgehead atoms. The predicted molar refractivity (Wildman–Crippen MR) is 76.0 cm³/mol. The molecule has 1 rings (SSSR count). The highest BCUT2D eigenvalue weighted by atomic mass is 32.2. The number of aromatic carboxylic acids is 1. The Balaban J connectivity index is 2.85. The number of anilines is 1. The van der Waals surface area contributed by atoms with Crippen LogP contribution >= 0.6 is 0 Å². The summed E-state index contributed by atoms with van der Waals surface area (Å²) in [6.45, 7) is 0.0457. The van der Waals surface area contributed by atoms with E-state index in [0.717, 1.165) is 16.4 Å². The first-order valence-electron chi connectivity index (χ1n) is 5.81. The van der Waals surface area contributed by atoms with Crippen LogP contribution in [-0.2, 0) is 10.0 Å². The highest BCUT2D eigenvalue weighted by Crippen LogP contribution is 2.23. The molecule has 0 spiro atoms. The van der Waals surface area contributed by atoms with E-state index < -0.39 is 32.2 Å². The van der Waals surface area contributed by atoms with E-state index in [1.807, 2.05) is 0 Å². The van der Waals surface area contributed by atoms with Crippen LogP contribution in [0.15, 0.2) is 18.2 Å². The monoisotopic (exact) mass is 317 g/mol. The molecule has 0 aliphatic heterocycles. The van der Waals surface area contributed by atoms with Crippen molar-refractivity contribution >= 4 is 27.4 Å². The van der Waals surface area contributed by atoms with Crippen LogP contribution in [-0.4, -0.2) is 55.1 Å². The molecule has 10 heteroatoms. The number of hydrogen-bond donors (Lipinski definition) is 2. The molecule has 1 aromatic carbocycles. The van der Waals surface area contributed by atoms with E-state index in [1.54, 1.807) is 0 Å². The summed E-state index contributed by atoms with van der Waals surface area (Å²) in [5.41, 5.74) is -0.699. The third-order valence-electron chi connectivity index (χ3n) is 2.67. The molecular weight excluding hydrogens is 302 g/mol. The van der Waals surface area contributed by atoms with E-state index in [-0.39, 0.29) is 18.0 Å². The van der Waals surface area contributed by atoms with Gasteiger partial charge in [0.2, 0.25) is 10.0 Å². The summed E-state index contributed by atoms with van der Waals surface area (Å²) in [6, 6.07) is 3.51. The molecule has 0 aliphatic carbocycles. The summed E-state index contributed by atoms with van der Waals surface area (Å²) >= 11 is 0. The second-order valence-corrected chi connectivity index (χ2v) is 6.62. The van der Waals surface area contributed by atoms with Gasteiger partial charge in [-0.1, -0.05) is 0 Å². The highest BCUT2D eigenvalue weighted by Gasteiger charge is 2.20. The van der Waals surface area contributed by atoms with Gasteiger partial charge >= 0.3 is 5.97 Å². The number of carboxylic acids is 1. The summed E-state index contributed by atoms with van der Waals surface area (Å²) in [4.78, 5) is 20.9. The summed E-state index contributed by atoms with van der Waals surface area (Å²) < 4.78 is 24.2. The fourth-order valence-electron chi connectivity index (χ4n) is 1.48. The number of nitrogens with one attached hydrogen (secondary N) is 1. The Morgan fingerprint density at radius 1 is 1.43 bits per heavy atom. The number of benzene rings is 1. The molecule has 0 amide bonds. The van der Waals surface area contributed by atoms with Crippen LogP contribution in [0.2, 0.25) is 0 Å². The Labute approximate surface area is 121 Å². The van der Waals surface area contributed by atoms with Crippen molar-refractivity contribution < 1.29 is 23.2 Å². The third-order valence-corrected chi connectivity index (χ3v) is 4.50. The number of nitro groups is 1. The maximum absolute atomic E-state index is 11.5. The molecule has 0 saturated heterocycles. The lowest BCUT2D eigenvalue weighted by Crippen LogP contribution is -2.28. The van der Waals surface area contributed by atoms with Crippen molar-refractivity contribution in [1.82, 2.24) is 4.31 Å². The Kier molecular flexibility index (Phi) is 5.22. The normalized spacial score (nSPS) is 11.4. The molecule has 0 atom stereocenters. The Bertz CT molecular complexity index is 656. The second-order valence-electron chi connectivity index (χ2n) is 4.32. The van der Waals surface area contributed by atoms with Crippen LogP contribution < -0.4 is 5.32 Å². The number of nitro benzene ring substituents is 1. The summed E-state index contributed by atoms with van der Waals surface area (Å²) in [7, 11) is -0.564. The van der Waals surface area contributed by atoms with Gasteiger partial charge in [0.15, 0.2) is 0 Å². The van der Waals surface area contributed by atoms with Crippen LogP contribution in [0.5, 0.6) is 0 Å². The molecule has 9 nitrogen and oxygen atoms in total. The van der Waals surface area contributed by atoms with Crippen molar-refractivity contribution in [1.29, 1.82) is 0 Å². The largest absolute Gasteiger partial charge is 0.477 e. The number of carboxylic acid groups (broad SMARTS) is 1. The van der Waals surface area contributed by atoms with Crippen LogP contribution in [0, 0.1) is 10.1 Å². The lowest BCUT2D eigenvalue weighted by molar-refractivity contribution is -0.385. The van der Waals surface area contributed by atoms with Gasteiger partial charge in [0.25, 0.3) is 5.69 Å². The Morgan fingerprint density at radius 3 is 2.52 bits per heavy atom. The summed E-state index contributed by atoms with van der Waals surface area (Å²) in [5.74, 6) is -1.59. The standard InChI is InChI=1S/C11H15N3O6S/c1-13(2)21(19,20)6-5-12-8-3-4-9(11(15)16)10(7-8)14(17)18/h3-4,7,12H,5-6H2,1-2H3,(H,15,16). The van der Waals surface area contributed by atoms with E-state index in [4.69, 9.17) is 5.11 Å². The van der Waals surface area contributed by atoms with E-state index in [1.165, 1.54) is 20.2 Å². The zero-order valence-corrected chi connectivity index (χ0v) is 12.3. The first-order valence-corrected chi connectivity index (χ1v) is 7.42. The van der Waals surface area contributed by atoms with E-state index in [9.17, 15) is 23.3 Å². The molecular formula is C11H15N3O6S. The first-order chi connectivity index (χ1) is 9.65. The van der Waals surface area contributed by atoms with E-state index in [0.29, 0.717) is 0 Å². The van der Waals surface area contributed by atoms with Crippen molar-refractivity contribution in [3.8, 4) is 0 Å². The van der Waals surface area contributed by atoms with Crippen LogP contribution in [0.3, 0.4) is 0 Å². The van der Waals surface area contributed by atoms with Crippen molar-refractivity contribution in [2.24, 2.45) is 0 Å². The molecule has 116 valence electrons. The number of hydrogen-bond acceptors (Lipinski definition) is 6. The maximum Gasteiger partial charge on any atom is 0.342 e. The molecule has 0 saturated carbocycles. The fraction of sp³-hybridized carbons (Fsp3) is 0.364. The minimum Gasteiger partial charge on any atom is -0.477 e. The first kappa shape index (κ1) is 16.9. The quantitative estimate of drug-likeness (QED) is 0.556. The molecule has 0 radical (unpaired) electrons. The average Bonchev–Trinajstić information content (AvgIpc) is 2.37. The van der Waals surface area contributed by atoms with Crippen LogP contribution in [0.25, 0.3) is 0 Å². The van der Waals surface area contributed by atoms with E-state index in [2.05, 4.69) is 5.32 Å². The lowest BCUT2D eigenvalue weighted by atomic mass is 10.1. The van der Waals surface area contributed by atoms with Gasteiger partial charge in [-0.05, 0) is 12.1 Å². The SMILES string of the molecule is CN(C)S(=O)(=O)CCNc1ccc(C(=O)O)c([N+](=O)[O-])c1. The summed E-state index contributed by atoms with van der Waals surface area (Å²) in [6.07, 6.45) is 0. The minimum atomic E-state index is -3.37. The lowest BCUT2D eigenvalue weighted by Gasteiger charge is -2.12. The average molecular weight is 317 g/mol. The van der Waals surface area contributed by atoms with Crippen molar-refractivity contribution in [3.63, 3.8) is 0 Å². The van der Waals surface area contributed by atoms with Gasteiger partial charge in [0.05, 0.1) is 10.7 Å². The Hall–Kier alpha value is -2.20. The topological polar surface area (TPSA) is 130 Å². The molecule has 0 aliphatic rings. The molecule has 0 unspecified atom stereocenters. The van der Waals surface area contributed by atoms with Gasteiger partial charge in [-0.3, -0.25) is 10.1 Å². The zero-order chi connectivity index (χ0) is 16.2. The smallest absolute Gasteiger partial charge is 0.342 e. The molecule has 0 heterocycles. The summed E-state index contributed by atoms with van der Waals surface area (Å²) in [5, 5.41) is 22.4. The zero-order valence-electron chi connectivity index (χ0n) is 11.4. The highest BCUT2D eigenvalue weighted by molar-refractivity contribution is 7.89. The van der Waals surface area contributed by atoms with Gasteiger partial charge in [-0.2, -0.15) is 0 Å². The predicted octanol–water partition coefficient (Wildman–Crippen LogP) is 0.596. The van der Waals surface area contributed by atoms with Gasteiger partial charge < -0.3 is 10.4 Å². The number of rotatable bonds is 7. The van der Waals surface area contributed by atoms with Crippen molar-refractivity contribution in [2.75, 3.05) is 31.7 Å². The molecule has 0 fully saturated rings. The van der Waals surface area contributed by atoms with Gasteiger partial charge in [-0.25, -0.2) is 17.5 Å². The molecule has 21 heavy (non-hydrogen) atoms. The maximum atomic E-state index is 11.5. The molecule has 2 N–H and O–H groups in total. The van der Waals surface area contributed by atoms with Crippen LogP contribution in [0.1, 0.15) is 10.4 Å².